The molecule has 1 aliphatic heterocycles. The van der Waals surface area contributed by atoms with Gasteiger partial charge >= 0.3 is 0 Å². The summed E-state index contributed by atoms with van der Waals surface area (Å²) in [4.78, 5) is 2.68. The van der Waals surface area contributed by atoms with E-state index in [0.717, 1.165) is 23.9 Å². The van der Waals surface area contributed by atoms with E-state index in [4.69, 9.17) is 10.5 Å². The molecule has 1 heterocycles. The first-order valence-electron chi connectivity index (χ1n) is 7.91. The molecule has 0 spiro atoms. The first kappa shape index (κ1) is 15.2. The van der Waals surface area contributed by atoms with Gasteiger partial charge in [-0.1, -0.05) is 19.4 Å². The summed E-state index contributed by atoms with van der Waals surface area (Å²) in [6, 6.07) is 6.96. The predicted octanol–water partition coefficient (Wildman–Crippen LogP) is 3.47. The minimum atomic E-state index is 0.745. The van der Waals surface area contributed by atoms with Crippen molar-refractivity contribution < 1.29 is 4.74 Å². The van der Waals surface area contributed by atoms with Crippen LogP contribution in [-0.2, 0) is 6.42 Å². The molecule has 1 aromatic rings. The van der Waals surface area contributed by atoms with E-state index in [9.17, 15) is 0 Å². The fourth-order valence-corrected chi connectivity index (χ4v) is 3.24. The Kier molecular flexibility index (Phi) is 5.72. The first-order valence-corrected chi connectivity index (χ1v) is 7.91. The minimum absolute atomic E-state index is 0.745. The summed E-state index contributed by atoms with van der Waals surface area (Å²) in [6.45, 7) is 4.81. The van der Waals surface area contributed by atoms with Crippen molar-refractivity contribution in [3.05, 3.63) is 23.8 Å². The van der Waals surface area contributed by atoms with Gasteiger partial charge in [0.25, 0.3) is 0 Å². The van der Waals surface area contributed by atoms with Gasteiger partial charge in [0.05, 0.1) is 12.8 Å². The molecule has 1 aromatic carbocycles. The highest BCUT2D eigenvalue weighted by atomic mass is 16.5. The summed E-state index contributed by atoms with van der Waals surface area (Å²) in [5.74, 6) is 0.774. The van der Waals surface area contributed by atoms with Gasteiger partial charge in [-0.3, -0.25) is 0 Å². The van der Waals surface area contributed by atoms with Crippen molar-refractivity contribution in [2.24, 2.45) is 0 Å². The molecule has 0 saturated carbocycles. The normalized spacial score (nSPS) is 20.0. The van der Waals surface area contributed by atoms with Crippen molar-refractivity contribution in [1.29, 1.82) is 0 Å². The van der Waals surface area contributed by atoms with Crippen LogP contribution in [0.15, 0.2) is 18.2 Å². The molecule has 0 aromatic heterocycles. The monoisotopic (exact) mass is 276 g/mol. The number of nitrogens with two attached hydrogens (primary N) is 1. The standard InChI is InChI=1S/C17H28N2O/c1-3-15-8-4-5-11-19(15)12-6-7-14-9-10-17(20-2)16(18)13-14/h9-10,13,15H,3-8,11-12,18H2,1-2H3. The Balaban J connectivity index is 1.81. The maximum atomic E-state index is 5.95. The number of nitrogens with zero attached hydrogens (tertiary/aromatic N) is 1. The molecule has 2 N–H and O–H groups in total. The number of piperidine rings is 1. The van der Waals surface area contributed by atoms with Gasteiger partial charge < -0.3 is 15.4 Å². The number of rotatable bonds is 6. The molecule has 1 aliphatic rings. The Morgan fingerprint density at radius 1 is 1.35 bits per heavy atom. The lowest BCUT2D eigenvalue weighted by atomic mass is 9.99. The van der Waals surface area contributed by atoms with Crippen molar-refractivity contribution in [3.8, 4) is 5.75 Å². The quantitative estimate of drug-likeness (QED) is 0.809. The maximum absolute atomic E-state index is 5.95. The van der Waals surface area contributed by atoms with Gasteiger partial charge in [0.1, 0.15) is 5.75 Å². The van der Waals surface area contributed by atoms with Crippen LogP contribution in [0.4, 0.5) is 5.69 Å². The molecule has 3 heteroatoms. The van der Waals surface area contributed by atoms with E-state index in [1.54, 1.807) is 7.11 Å². The summed E-state index contributed by atoms with van der Waals surface area (Å²) in [5.41, 5.74) is 8.01. The second-order valence-corrected chi connectivity index (χ2v) is 5.77. The van der Waals surface area contributed by atoms with Crippen molar-refractivity contribution in [1.82, 2.24) is 4.90 Å². The molecular weight excluding hydrogens is 248 g/mol. The minimum Gasteiger partial charge on any atom is -0.495 e. The van der Waals surface area contributed by atoms with E-state index in [2.05, 4.69) is 17.9 Å². The fraction of sp³-hybridized carbons (Fsp3) is 0.647. The fourth-order valence-electron chi connectivity index (χ4n) is 3.24. The summed E-state index contributed by atoms with van der Waals surface area (Å²) >= 11 is 0. The number of benzene rings is 1. The Morgan fingerprint density at radius 2 is 2.20 bits per heavy atom. The summed E-state index contributed by atoms with van der Waals surface area (Å²) < 4.78 is 5.19. The zero-order valence-corrected chi connectivity index (χ0v) is 12.9. The maximum Gasteiger partial charge on any atom is 0.141 e. The topological polar surface area (TPSA) is 38.5 Å². The van der Waals surface area contributed by atoms with Gasteiger partial charge in [0.2, 0.25) is 0 Å². The van der Waals surface area contributed by atoms with E-state index in [0.29, 0.717) is 0 Å². The van der Waals surface area contributed by atoms with Gasteiger partial charge in [0.15, 0.2) is 0 Å². The highest BCUT2D eigenvalue weighted by Crippen LogP contribution is 2.23. The van der Waals surface area contributed by atoms with Gasteiger partial charge in [-0.05, 0) is 62.9 Å². The Labute approximate surface area is 123 Å². The zero-order chi connectivity index (χ0) is 14.4. The van der Waals surface area contributed by atoms with Crippen molar-refractivity contribution in [2.75, 3.05) is 25.9 Å². The third-order valence-corrected chi connectivity index (χ3v) is 4.43. The lowest BCUT2D eigenvalue weighted by molar-refractivity contribution is 0.142. The average Bonchev–Trinajstić information content (AvgIpc) is 2.48. The molecule has 0 radical (unpaired) electrons. The molecule has 3 nitrogen and oxygen atoms in total. The third kappa shape index (κ3) is 3.89. The predicted molar refractivity (Wildman–Crippen MR) is 85.2 cm³/mol. The van der Waals surface area contributed by atoms with Gasteiger partial charge in [0, 0.05) is 6.04 Å². The van der Waals surface area contributed by atoms with E-state index in [1.807, 2.05) is 12.1 Å². The number of methoxy groups -OCH3 is 1. The van der Waals surface area contributed by atoms with Gasteiger partial charge in [-0.15, -0.1) is 0 Å². The number of aryl methyl sites for hydroxylation is 1. The van der Waals surface area contributed by atoms with E-state index >= 15 is 0 Å². The molecule has 1 atom stereocenters. The van der Waals surface area contributed by atoms with Crippen molar-refractivity contribution in [2.45, 2.75) is 51.5 Å². The molecule has 0 aliphatic carbocycles. The second kappa shape index (κ2) is 7.53. The van der Waals surface area contributed by atoms with Crippen LogP contribution in [-0.4, -0.2) is 31.1 Å². The highest BCUT2D eigenvalue weighted by Gasteiger charge is 2.19. The summed E-state index contributed by atoms with van der Waals surface area (Å²) in [5, 5.41) is 0. The van der Waals surface area contributed by atoms with Crippen molar-refractivity contribution in [3.63, 3.8) is 0 Å². The molecule has 2 rings (SSSR count). The average molecular weight is 276 g/mol. The third-order valence-electron chi connectivity index (χ3n) is 4.43. The molecule has 112 valence electrons. The molecule has 1 fully saturated rings. The van der Waals surface area contributed by atoms with E-state index < -0.39 is 0 Å². The van der Waals surface area contributed by atoms with Crippen LogP contribution in [0.25, 0.3) is 0 Å². The van der Waals surface area contributed by atoms with Crippen molar-refractivity contribution >= 4 is 5.69 Å². The molecule has 0 bridgehead atoms. The molecule has 20 heavy (non-hydrogen) atoms. The van der Waals surface area contributed by atoms with E-state index in [-0.39, 0.29) is 0 Å². The van der Waals surface area contributed by atoms with Crippen LogP contribution < -0.4 is 10.5 Å². The number of ether oxygens (including phenoxy) is 1. The second-order valence-electron chi connectivity index (χ2n) is 5.77. The van der Waals surface area contributed by atoms with Crippen LogP contribution in [0.1, 0.15) is 44.6 Å². The summed E-state index contributed by atoms with van der Waals surface area (Å²) in [7, 11) is 1.66. The number of nitrogen functional groups attached to an aromatic ring is 1. The lowest BCUT2D eigenvalue weighted by Crippen LogP contribution is -2.39. The van der Waals surface area contributed by atoms with Gasteiger partial charge in [-0.25, -0.2) is 0 Å². The summed E-state index contributed by atoms with van der Waals surface area (Å²) in [6.07, 6.45) is 7.75. The molecule has 0 amide bonds. The lowest BCUT2D eigenvalue weighted by Gasteiger charge is -2.35. The van der Waals surface area contributed by atoms with Crippen LogP contribution in [0.5, 0.6) is 5.75 Å². The van der Waals surface area contributed by atoms with Crippen LogP contribution in [0.2, 0.25) is 0 Å². The molecule has 1 saturated heterocycles. The Morgan fingerprint density at radius 3 is 2.90 bits per heavy atom. The van der Waals surface area contributed by atoms with E-state index in [1.165, 1.54) is 50.8 Å². The molecule has 1 unspecified atom stereocenters. The highest BCUT2D eigenvalue weighted by molar-refractivity contribution is 5.54. The number of hydrogen-bond donors (Lipinski definition) is 1. The van der Waals surface area contributed by atoms with Gasteiger partial charge in [-0.2, -0.15) is 0 Å². The number of likely N-dealkylation sites (tertiary alicyclic amines) is 1. The van der Waals surface area contributed by atoms with Crippen LogP contribution >= 0.6 is 0 Å². The number of anilines is 1. The first-order chi connectivity index (χ1) is 9.74. The smallest absolute Gasteiger partial charge is 0.141 e. The van der Waals surface area contributed by atoms with Crippen LogP contribution in [0.3, 0.4) is 0 Å². The zero-order valence-electron chi connectivity index (χ0n) is 12.9. The number of hydrogen-bond acceptors (Lipinski definition) is 3. The Hall–Kier alpha value is -1.22. The SMILES string of the molecule is CCC1CCCCN1CCCc1ccc(OC)c(N)c1. The van der Waals surface area contributed by atoms with Crippen LogP contribution in [0, 0.1) is 0 Å². The Bertz CT molecular complexity index is 419. The molecular formula is C17H28N2O. The largest absolute Gasteiger partial charge is 0.495 e.